The lowest BCUT2D eigenvalue weighted by atomic mass is 10.1. The minimum atomic E-state index is -0.173. The van der Waals surface area contributed by atoms with Crippen LogP contribution in [0.3, 0.4) is 0 Å². The molecule has 0 saturated heterocycles. The second-order valence-corrected chi connectivity index (χ2v) is 5.39. The van der Waals surface area contributed by atoms with Gasteiger partial charge in [0.05, 0.1) is 10.7 Å². The van der Waals surface area contributed by atoms with Gasteiger partial charge in [0.25, 0.3) is 5.91 Å². The van der Waals surface area contributed by atoms with Crippen molar-refractivity contribution in [1.29, 1.82) is 0 Å². The lowest BCUT2D eigenvalue weighted by Gasteiger charge is -2.13. The number of carbonyl (C=O) groups is 1. The Morgan fingerprint density at radius 2 is 1.86 bits per heavy atom. The van der Waals surface area contributed by atoms with Gasteiger partial charge in [-0.1, -0.05) is 23.7 Å². The number of nitrogens with one attached hydrogen (secondary N) is 1. The maximum atomic E-state index is 12.0. The minimum Gasteiger partial charge on any atom is -0.398 e. The molecule has 4 nitrogen and oxygen atoms in total. The van der Waals surface area contributed by atoms with Gasteiger partial charge in [-0.05, 0) is 35.9 Å². The van der Waals surface area contributed by atoms with Crippen molar-refractivity contribution in [2.24, 2.45) is 0 Å². The highest BCUT2D eigenvalue weighted by Gasteiger charge is 2.07. The summed E-state index contributed by atoms with van der Waals surface area (Å²) in [5.74, 6) is -0.173. The number of anilines is 2. The Morgan fingerprint density at radius 1 is 1.19 bits per heavy atom. The van der Waals surface area contributed by atoms with Gasteiger partial charge < -0.3 is 16.0 Å². The van der Waals surface area contributed by atoms with Crippen molar-refractivity contribution >= 4 is 28.9 Å². The SMILES string of the molecule is CN(C)c1ccc(CNC(=O)c2ccc(N)c(Cl)c2)cc1. The molecule has 0 bridgehead atoms. The molecule has 0 atom stereocenters. The summed E-state index contributed by atoms with van der Waals surface area (Å²) in [5.41, 5.74) is 8.75. The fourth-order valence-electron chi connectivity index (χ4n) is 1.86. The molecule has 110 valence electrons. The molecular formula is C16H18ClN3O. The highest BCUT2D eigenvalue weighted by molar-refractivity contribution is 6.33. The maximum absolute atomic E-state index is 12.0. The van der Waals surface area contributed by atoms with E-state index < -0.39 is 0 Å². The van der Waals surface area contributed by atoms with Crippen LogP contribution in [0, 0.1) is 0 Å². The molecule has 0 heterocycles. The smallest absolute Gasteiger partial charge is 0.251 e. The Balaban J connectivity index is 1.98. The molecule has 5 heteroatoms. The normalized spacial score (nSPS) is 10.2. The van der Waals surface area contributed by atoms with Crippen LogP contribution in [0.1, 0.15) is 15.9 Å². The van der Waals surface area contributed by atoms with Gasteiger partial charge in [-0.2, -0.15) is 0 Å². The zero-order chi connectivity index (χ0) is 15.4. The summed E-state index contributed by atoms with van der Waals surface area (Å²) < 4.78 is 0. The number of halogens is 1. The second kappa shape index (κ2) is 6.50. The van der Waals surface area contributed by atoms with Gasteiger partial charge in [0.15, 0.2) is 0 Å². The third-order valence-corrected chi connectivity index (χ3v) is 3.50. The van der Waals surface area contributed by atoms with Gasteiger partial charge in [0, 0.05) is 31.9 Å². The number of hydrogen-bond acceptors (Lipinski definition) is 3. The van der Waals surface area contributed by atoms with E-state index >= 15 is 0 Å². The van der Waals surface area contributed by atoms with E-state index in [0.29, 0.717) is 22.8 Å². The molecule has 2 aromatic carbocycles. The first kappa shape index (κ1) is 15.2. The molecule has 2 rings (SSSR count). The van der Waals surface area contributed by atoms with Crippen LogP contribution in [-0.2, 0) is 6.54 Å². The van der Waals surface area contributed by atoms with E-state index in [9.17, 15) is 4.79 Å². The van der Waals surface area contributed by atoms with Crippen LogP contribution < -0.4 is 16.0 Å². The predicted molar refractivity (Wildman–Crippen MR) is 87.8 cm³/mol. The molecule has 21 heavy (non-hydrogen) atoms. The monoisotopic (exact) mass is 303 g/mol. The molecule has 0 aliphatic rings. The van der Waals surface area contributed by atoms with Crippen molar-refractivity contribution in [3.63, 3.8) is 0 Å². The average molecular weight is 304 g/mol. The molecular weight excluding hydrogens is 286 g/mol. The third kappa shape index (κ3) is 3.89. The molecule has 2 aromatic rings. The van der Waals surface area contributed by atoms with Crippen molar-refractivity contribution in [3.05, 3.63) is 58.6 Å². The van der Waals surface area contributed by atoms with E-state index in [-0.39, 0.29) is 5.91 Å². The first-order chi connectivity index (χ1) is 9.97. The molecule has 0 fully saturated rings. The molecule has 3 N–H and O–H groups in total. The Hall–Kier alpha value is -2.20. The quantitative estimate of drug-likeness (QED) is 0.854. The number of nitrogens with zero attached hydrogens (tertiary/aromatic N) is 1. The topological polar surface area (TPSA) is 58.4 Å². The second-order valence-electron chi connectivity index (χ2n) is 4.98. The fourth-order valence-corrected chi connectivity index (χ4v) is 2.05. The van der Waals surface area contributed by atoms with Crippen molar-refractivity contribution in [3.8, 4) is 0 Å². The van der Waals surface area contributed by atoms with E-state index in [1.165, 1.54) is 0 Å². The molecule has 0 aliphatic carbocycles. The van der Waals surface area contributed by atoms with Crippen molar-refractivity contribution in [2.75, 3.05) is 24.7 Å². The molecule has 0 saturated carbocycles. The average Bonchev–Trinajstić information content (AvgIpc) is 2.48. The van der Waals surface area contributed by atoms with Crippen LogP contribution in [0.2, 0.25) is 5.02 Å². The largest absolute Gasteiger partial charge is 0.398 e. The van der Waals surface area contributed by atoms with Crippen LogP contribution in [0.25, 0.3) is 0 Å². The van der Waals surface area contributed by atoms with Crippen molar-refractivity contribution < 1.29 is 4.79 Å². The van der Waals surface area contributed by atoms with E-state index in [0.717, 1.165) is 11.3 Å². The van der Waals surface area contributed by atoms with Gasteiger partial charge >= 0.3 is 0 Å². The maximum Gasteiger partial charge on any atom is 0.251 e. The minimum absolute atomic E-state index is 0.173. The number of carbonyl (C=O) groups excluding carboxylic acids is 1. The van der Waals surface area contributed by atoms with E-state index in [2.05, 4.69) is 5.32 Å². The fraction of sp³-hybridized carbons (Fsp3) is 0.188. The highest BCUT2D eigenvalue weighted by Crippen LogP contribution is 2.19. The predicted octanol–water partition coefficient (Wildman–Crippen LogP) is 2.92. The van der Waals surface area contributed by atoms with Crippen LogP contribution in [0.5, 0.6) is 0 Å². The summed E-state index contributed by atoms with van der Waals surface area (Å²) in [6.07, 6.45) is 0. The summed E-state index contributed by atoms with van der Waals surface area (Å²) in [6.45, 7) is 0.467. The number of benzene rings is 2. The van der Waals surface area contributed by atoms with Crippen LogP contribution in [-0.4, -0.2) is 20.0 Å². The van der Waals surface area contributed by atoms with Crippen LogP contribution >= 0.6 is 11.6 Å². The zero-order valence-electron chi connectivity index (χ0n) is 12.1. The Bertz CT molecular complexity index is 638. The molecule has 0 unspecified atom stereocenters. The van der Waals surface area contributed by atoms with Gasteiger partial charge in [-0.3, -0.25) is 4.79 Å². The standard InChI is InChI=1S/C16H18ClN3O/c1-20(2)13-6-3-11(4-7-13)10-19-16(21)12-5-8-15(18)14(17)9-12/h3-9H,10,18H2,1-2H3,(H,19,21). The third-order valence-electron chi connectivity index (χ3n) is 3.17. The molecule has 0 radical (unpaired) electrons. The van der Waals surface area contributed by atoms with Crippen molar-refractivity contribution in [1.82, 2.24) is 5.32 Å². The number of hydrogen-bond donors (Lipinski definition) is 2. The number of amides is 1. The van der Waals surface area contributed by atoms with Crippen molar-refractivity contribution in [2.45, 2.75) is 6.54 Å². The lowest BCUT2D eigenvalue weighted by molar-refractivity contribution is 0.0951. The lowest BCUT2D eigenvalue weighted by Crippen LogP contribution is -2.22. The first-order valence-corrected chi connectivity index (χ1v) is 6.94. The summed E-state index contributed by atoms with van der Waals surface area (Å²) in [5, 5.41) is 3.25. The summed E-state index contributed by atoms with van der Waals surface area (Å²) >= 11 is 5.91. The van der Waals surface area contributed by atoms with Gasteiger partial charge in [0.2, 0.25) is 0 Å². The van der Waals surface area contributed by atoms with Gasteiger partial charge in [0.1, 0.15) is 0 Å². The zero-order valence-corrected chi connectivity index (χ0v) is 12.8. The van der Waals surface area contributed by atoms with Crippen LogP contribution in [0.4, 0.5) is 11.4 Å². The Kier molecular flexibility index (Phi) is 4.70. The number of nitrogen functional groups attached to an aromatic ring is 1. The summed E-state index contributed by atoms with van der Waals surface area (Å²) in [7, 11) is 3.98. The Morgan fingerprint density at radius 3 is 2.43 bits per heavy atom. The molecule has 0 aliphatic heterocycles. The molecule has 0 aromatic heterocycles. The van der Waals surface area contributed by atoms with E-state index in [1.807, 2.05) is 43.3 Å². The number of nitrogens with two attached hydrogens (primary N) is 1. The van der Waals surface area contributed by atoms with Crippen LogP contribution in [0.15, 0.2) is 42.5 Å². The Labute approximate surface area is 129 Å². The molecule has 0 spiro atoms. The van der Waals surface area contributed by atoms with Gasteiger partial charge in [-0.25, -0.2) is 0 Å². The number of rotatable bonds is 4. The van der Waals surface area contributed by atoms with E-state index in [4.69, 9.17) is 17.3 Å². The summed E-state index contributed by atoms with van der Waals surface area (Å²) in [6, 6.07) is 12.9. The van der Waals surface area contributed by atoms with Gasteiger partial charge in [-0.15, -0.1) is 0 Å². The summed E-state index contributed by atoms with van der Waals surface area (Å²) in [4.78, 5) is 14.1. The molecule has 1 amide bonds. The highest BCUT2D eigenvalue weighted by atomic mass is 35.5. The van der Waals surface area contributed by atoms with E-state index in [1.54, 1.807) is 18.2 Å². The first-order valence-electron chi connectivity index (χ1n) is 6.57.